The summed E-state index contributed by atoms with van der Waals surface area (Å²) in [5.74, 6) is 0. The lowest BCUT2D eigenvalue weighted by molar-refractivity contribution is 0.763. The van der Waals surface area contributed by atoms with E-state index in [0.29, 0.717) is 3.54 Å². The molecule has 2 aromatic carbocycles. The molecule has 1 saturated carbocycles. The van der Waals surface area contributed by atoms with E-state index in [1.807, 2.05) is 0 Å². The minimum Gasteiger partial charge on any atom is -0.306 e. The van der Waals surface area contributed by atoms with Gasteiger partial charge in [-0.25, -0.2) is 0 Å². The van der Waals surface area contributed by atoms with Gasteiger partial charge in [-0.3, -0.25) is 0 Å². The second kappa shape index (κ2) is 4.66. The molecule has 0 aliphatic heterocycles. The zero-order valence-electron chi connectivity index (χ0n) is 10.6. The van der Waals surface area contributed by atoms with Crippen LogP contribution in [0.5, 0.6) is 0 Å². The predicted octanol–water partition coefficient (Wildman–Crippen LogP) is 4.57. The van der Waals surface area contributed by atoms with E-state index in [2.05, 4.69) is 80.5 Å². The van der Waals surface area contributed by atoms with Gasteiger partial charge in [-0.15, -0.1) is 0 Å². The van der Waals surface area contributed by atoms with Gasteiger partial charge < -0.3 is 12.9 Å². The van der Waals surface area contributed by atoms with Crippen LogP contribution >= 0.6 is 12.9 Å². The summed E-state index contributed by atoms with van der Waals surface area (Å²) in [5.41, 5.74) is 3.21. The molecule has 2 heteroatoms. The van der Waals surface area contributed by atoms with E-state index in [9.17, 15) is 0 Å². The molecular weight excluding hydrogens is 296 g/mol. The van der Waals surface area contributed by atoms with E-state index < -0.39 is 0 Å². The first-order chi connectivity index (χ1) is 8.73. The van der Waals surface area contributed by atoms with E-state index in [-0.39, 0.29) is 23.6 Å². The third-order valence-electron chi connectivity index (χ3n) is 4.39. The van der Waals surface area contributed by atoms with E-state index in [0.717, 1.165) is 0 Å². The van der Waals surface area contributed by atoms with Gasteiger partial charge in [0.1, 0.15) is 0 Å². The fourth-order valence-electron chi connectivity index (χ4n) is 3.22. The standard InChI is InChI=1S/C16H15.BrH.Mg/c1-13-12-16(13,14-8-4-2-5-9-14)15-10-6-3-7-11-15;;/h2-11H,12H2,1H3;1H;/q;;+1/p-1. The van der Waals surface area contributed by atoms with Crippen molar-refractivity contribution < 1.29 is 0 Å². The van der Waals surface area contributed by atoms with Gasteiger partial charge >= 0.3 is 18.2 Å². The largest absolute Gasteiger partial charge is 0.476 e. The fraction of sp³-hybridized carbons (Fsp3) is 0.250. The zero-order chi connectivity index (χ0) is 12.6. The van der Waals surface area contributed by atoms with Crippen LogP contribution in [0, 0.1) is 0 Å². The monoisotopic (exact) mass is 310 g/mol. The van der Waals surface area contributed by atoms with Crippen molar-refractivity contribution in [2.24, 2.45) is 0 Å². The van der Waals surface area contributed by atoms with Gasteiger partial charge in [0, 0.05) is 5.41 Å². The van der Waals surface area contributed by atoms with Gasteiger partial charge in [-0.05, 0) is 11.1 Å². The second-order valence-corrected chi connectivity index (χ2v) is 9.02. The molecule has 2 aromatic rings. The molecule has 1 unspecified atom stereocenters. The average Bonchev–Trinajstić information content (AvgIpc) is 3.09. The van der Waals surface area contributed by atoms with Gasteiger partial charge in [-0.2, -0.15) is 0 Å². The van der Waals surface area contributed by atoms with Crippen LogP contribution in [0.3, 0.4) is 0 Å². The van der Waals surface area contributed by atoms with Crippen LogP contribution in [-0.4, -0.2) is 18.2 Å². The first kappa shape index (κ1) is 12.7. The van der Waals surface area contributed by atoms with Crippen molar-refractivity contribution in [2.45, 2.75) is 22.3 Å². The Bertz CT molecular complexity index is 498. The topological polar surface area (TPSA) is 0 Å². The highest BCUT2D eigenvalue weighted by atomic mass is 79.9. The van der Waals surface area contributed by atoms with Gasteiger partial charge in [0.2, 0.25) is 0 Å². The molecule has 0 heterocycles. The SMILES string of the molecule is C[C]1([Mg][Br])CC1(c1ccccc1)c1ccccc1. The summed E-state index contributed by atoms with van der Waals surface area (Å²) in [5, 5.41) is 0. The van der Waals surface area contributed by atoms with Crippen molar-refractivity contribution in [3.63, 3.8) is 0 Å². The van der Waals surface area contributed by atoms with E-state index in [4.69, 9.17) is 0 Å². The fourth-order valence-corrected chi connectivity index (χ4v) is 6.35. The van der Waals surface area contributed by atoms with Crippen molar-refractivity contribution >= 4 is 31.1 Å². The first-order valence-corrected chi connectivity index (χ1v) is 11.0. The highest BCUT2D eigenvalue weighted by molar-refractivity contribution is 9.23. The van der Waals surface area contributed by atoms with E-state index in [1.54, 1.807) is 0 Å². The molecule has 0 bridgehead atoms. The first-order valence-electron chi connectivity index (χ1n) is 6.40. The summed E-state index contributed by atoms with van der Waals surface area (Å²) in [7, 11) is 0. The molecule has 0 aromatic heterocycles. The highest BCUT2D eigenvalue weighted by Gasteiger charge is 2.64. The molecule has 1 aliphatic carbocycles. The van der Waals surface area contributed by atoms with Crippen LogP contribution in [0.4, 0.5) is 0 Å². The molecule has 1 fully saturated rings. The molecule has 0 nitrogen and oxygen atoms in total. The highest BCUT2D eigenvalue weighted by Crippen LogP contribution is 2.73. The summed E-state index contributed by atoms with van der Waals surface area (Å²) in [6.45, 7) is 2.44. The lowest BCUT2D eigenvalue weighted by Crippen LogP contribution is -2.16. The Balaban J connectivity index is 2.14. The Morgan fingerprint density at radius 3 is 1.67 bits per heavy atom. The minimum atomic E-state index is -0.216. The van der Waals surface area contributed by atoms with Crippen molar-refractivity contribution in [3.8, 4) is 0 Å². The average molecular weight is 312 g/mol. The number of benzene rings is 2. The van der Waals surface area contributed by atoms with Crippen molar-refractivity contribution in [1.29, 1.82) is 0 Å². The Morgan fingerprint density at radius 2 is 1.33 bits per heavy atom. The molecule has 0 N–H and O–H groups in total. The molecule has 0 radical (unpaired) electrons. The van der Waals surface area contributed by atoms with E-state index >= 15 is 0 Å². The Morgan fingerprint density at radius 1 is 0.889 bits per heavy atom. The van der Waals surface area contributed by atoms with Crippen molar-refractivity contribution in [1.82, 2.24) is 0 Å². The minimum absolute atomic E-state index is 0.216. The summed E-state index contributed by atoms with van der Waals surface area (Å²) >= 11 is 3.63. The molecule has 0 spiro atoms. The summed E-state index contributed by atoms with van der Waals surface area (Å²) in [4.78, 5) is 0. The van der Waals surface area contributed by atoms with Crippen LogP contribution < -0.4 is 0 Å². The maximum atomic E-state index is 3.84. The molecular formula is C16H15BrMg. The quantitative estimate of drug-likeness (QED) is 0.729. The van der Waals surface area contributed by atoms with Crippen LogP contribution in [-0.2, 0) is 5.41 Å². The van der Waals surface area contributed by atoms with Gasteiger partial charge in [0.05, 0.1) is 0 Å². The lowest BCUT2D eigenvalue weighted by Gasteiger charge is -2.23. The molecule has 88 valence electrons. The second-order valence-electron chi connectivity index (χ2n) is 5.51. The molecule has 0 saturated heterocycles. The Hall–Kier alpha value is -0.314. The molecule has 3 rings (SSSR count). The van der Waals surface area contributed by atoms with Gasteiger partial charge in [-0.1, -0.05) is 77.6 Å². The van der Waals surface area contributed by atoms with E-state index in [1.165, 1.54) is 17.5 Å². The smallest absolute Gasteiger partial charge is 0.306 e. The van der Waals surface area contributed by atoms with Gasteiger partial charge in [0.25, 0.3) is 0 Å². The van der Waals surface area contributed by atoms with Crippen LogP contribution in [0.2, 0.25) is 3.54 Å². The number of halogens is 1. The third kappa shape index (κ3) is 1.77. The summed E-state index contributed by atoms with van der Waals surface area (Å²) in [6, 6.07) is 22.0. The van der Waals surface area contributed by atoms with Gasteiger partial charge in [0.15, 0.2) is 0 Å². The summed E-state index contributed by atoms with van der Waals surface area (Å²) in [6.07, 6.45) is 1.28. The lowest BCUT2D eigenvalue weighted by atomic mass is 9.86. The zero-order valence-corrected chi connectivity index (χ0v) is 13.6. The molecule has 0 amide bonds. The van der Waals surface area contributed by atoms with Crippen molar-refractivity contribution in [2.75, 3.05) is 0 Å². The van der Waals surface area contributed by atoms with Crippen LogP contribution in [0.1, 0.15) is 24.5 Å². The normalized spacial score (nSPS) is 24.3. The summed E-state index contributed by atoms with van der Waals surface area (Å²) < 4.78 is 0.468. The third-order valence-corrected chi connectivity index (χ3v) is 9.55. The van der Waals surface area contributed by atoms with Crippen molar-refractivity contribution in [3.05, 3.63) is 71.8 Å². The Labute approximate surface area is 124 Å². The molecule has 1 aliphatic rings. The maximum Gasteiger partial charge on any atom is 0.476 e. The number of rotatable bonds is 3. The maximum absolute atomic E-state index is 3.84. The van der Waals surface area contributed by atoms with Crippen LogP contribution in [0.25, 0.3) is 0 Å². The Kier molecular flexibility index (Phi) is 3.29. The molecule has 1 atom stereocenters. The molecule has 18 heavy (non-hydrogen) atoms. The number of hydrogen-bond acceptors (Lipinski definition) is 0. The van der Waals surface area contributed by atoms with Crippen LogP contribution in [0.15, 0.2) is 60.7 Å². The number of hydrogen-bond donors (Lipinski definition) is 0. The predicted molar refractivity (Wildman–Crippen MR) is 81.3 cm³/mol.